The SMILES string of the molecule is C[C@@H]1[C@H](n2ccc(=O)[nH]c2=O)OC(CO)(CO)[C@H]1O[Si](C)(C)C(C)(C)C. The third-order valence-corrected chi connectivity index (χ3v) is 10.1. The third kappa shape index (κ3) is 3.59. The summed E-state index contributed by atoms with van der Waals surface area (Å²) >= 11 is 0. The normalized spacial score (nSPS) is 26.2. The summed E-state index contributed by atoms with van der Waals surface area (Å²) in [6.45, 7) is 11.4. The summed E-state index contributed by atoms with van der Waals surface area (Å²) in [6.07, 6.45) is -0.00746. The van der Waals surface area contributed by atoms with Crippen LogP contribution in [0.2, 0.25) is 18.1 Å². The lowest BCUT2D eigenvalue weighted by atomic mass is 9.92. The van der Waals surface area contributed by atoms with Gasteiger partial charge in [0.05, 0.1) is 19.3 Å². The molecule has 0 aromatic carbocycles. The van der Waals surface area contributed by atoms with Crippen LogP contribution in [0.3, 0.4) is 0 Å². The van der Waals surface area contributed by atoms with Crippen LogP contribution in [-0.2, 0) is 9.16 Å². The first-order chi connectivity index (χ1) is 11.9. The molecule has 26 heavy (non-hydrogen) atoms. The van der Waals surface area contributed by atoms with E-state index >= 15 is 0 Å². The highest BCUT2D eigenvalue weighted by atomic mass is 28.4. The Bertz CT molecular complexity index is 747. The number of ether oxygens (including phenoxy) is 1. The Morgan fingerprint density at radius 2 is 1.88 bits per heavy atom. The second-order valence-electron chi connectivity index (χ2n) is 8.56. The molecule has 3 N–H and O–H groups in total. The van der Waals surface area contributed by atoms with Crippen LogP contribution in [0, 0.1) is 5.92 Å². The van der Waals surface area contributed by atoms with Gasteiger partial charge in [0.2, 0.25) is 0 Å². The molecule has 0 bridgehead atoms. The molecule has 1 fully saturated rings. The van der Waals surface area contributed by atoms with Gasteiger partial charge >= 0.3 is 5.69 Å². The lowest BCUT2D eigenvalue weighted by Gasteiger charge is -2.43. The quantitative estimate of drug-likeness (QED) is 0.646. The second-order valence-corrected chi connectivity index (χ2v) is 13.3. The number of aliphatic hydroxyl groups is 2. The zero-order valence-corrected chi connectivity index (χ0v) is 17.3. The minimum Gasteiger partial charge on any atom is -0.410 e. The van der Waals surface area contributed by atoms with E-state index in [1.165, 1.54) is 16.8 Å². The molecule has 1 aliphatic rings. The Kier molecular flexibility index (Phi) is 5.70. The largest absolute Gasteiger partial charge is 0.410 e. The first-order valence-corrected chi connectivity index (χ1v) is 11.7. The Labute approximate surface area is 153 Å². The van der Waals surface area contributed by atoms with Crippen molar-refractivity contribution in [1.29, 1.82) is 0 Å². The molecular formula is C17H30N2O6Si. The molecular weight excluding hydrogens is 356 g/mol. The van der Waals surface area contributed by atoms with Crippen molar-refractivity contribution in [2.24, 2.45) is 5.92 Å². The van der Waals surface area contributed by atoms with Crippen LogP contribution in [0.1, 0.15) is 33.9 Å². The van der Waals surface area contributed by atoms with Crippen molar-refractivity contribution >= 4 is 8.32 Å². The Morgan fingerprint density at radius 1 is 1.31 bits per heavy atom. The molecule has 0 radical (unpaired) electrons. The average Bonchev–Trinajstić information content (AvgIpc) is 2.80. The Balaban J connectivity index is 2.46. The maximum absolute atomic E-state index is 12.2. The molecule has 9 heteroatoms. The predicted octanol–water partition coefficient (Wildman–Crippen LogP) is 0.815. The molecule has 0 aliphatic carbocycles. The maximum atomic E-state index is 12.2. The van der Waals surface area contributed by atoms with Crippen molar-refractivity contribution in [3.05, 3.63) is 33.1 Å². The van der Waals surface area contributed by atoms with E-state index in [1.54, 1.807) is 0 Å². The van der Waals surface area contributed by atoms with Gasteiger partial charge in [-0.05, 0) is 18.1 Å². The minimum atomic E-state index is -2.23. The number of hydrogen-bond donors (Lipinski definition) is 3. The van der Waals surface area contributed by atoms with Crippen LogP contribution in [0.15, 0.2) is 21.9 Å². The van der Waals surface area contributed by atoms with E-state index in [0.29, 0.717) is 0 Å². The molecule has 2 heterocycles. The van der Waals surface area contributed by atoms with Crippen molar-refractivity contribution < 1.29 is 19.4 Å². The predicted molar refractivity (Wildman–Crippen MR) is 99.6 cm³/mol. The first kappa shape index (κ1) is 21.0. The van der Waals surface area contributed by atoms with Crippen molar-refractivity contribution in [1.82, 2.24) is 9.55 Å². The van der Waals surface area contributed by atoms with Crippen LogP contribution in [0.4, 0.5) is 0 Å². The highest BCUT2D eigenvalue weighted by molar-refractivity contribution is 6.74. The monoisotopic (exact) mass is 386 g/mol. The van der Waals surface area contributed by atoms with Crippen molar-refractivity contribution in [3.8, 4) is 0 Å². The fraction of sp³-hybridized carbons (Fsp3) is 0.765. The minimum absolute atomic E-state index is 0.0731. The van der Waals surface area contributed by atoms with Gasteiger partial charge < -0.3 is 19.4 Å². The second kappa shape index (κ2) is 7.04. The van der Waals surface area contributed by atoms with E-state index in [2.05, 4.69) is 38.8 Å². The number of aromatic nitrogens is 2. The highest BCUT2D eigenvalue weighted by Crippen LogP contribution is 2.46. The third-order valence-electron chi connectivity index (χ3n) is 5.69. The fourth-order valence-electron chi connectivity index (χ4n) is 2.99. The zero-order valence-electron chi connectivity index (χ0n) is 16.3. The van der Waals surface area contributed by atoms with Gasteiger partial charge in [0, 0.05) is 18.2 Å². The molecule has 2 rings (SSSR count). The molecule has 0 saturated carbocycles. The number of rotatable bonds is 5. The molecule has 1 aliphatic heterocycles. The molecule has 0 spiro atoms. The topological polar surface area (TPSA) is 114 Å². The molecule has 8 nitrogen and oxygen atoms in total. The number of aliphatic hydroxyl groups excluding tert-OH is 2. The van der Waals surface area contributed by atoms with E-state index in [4.69, 9.17) is 9.16 Å². The zero-order chi connectivity index (χ0) is 19.9. The van der Waals surface area contributed by atoms with Gasteiger partial charge in [0.15, 0.2) is 8.32 Å². The first-order valence-electron chi connectivity index (χ1n) is 8.77. The van der Waals surface area contributed by atoms with E-state index in [9.17, 15) is 19.8 Å². The summed E-state index contributed by atoms with van der Waals surface area (Å²) in [4.78, 5) is 25.7. The van der Waals surface area contributed by atoms with Crippen LogP contribution >= 0.6 is 0 Å². The van der Waals surface area contributed by atoms with E-state index < -0.39 is 50.7 Å². The number of aromatic amines is 1. The molecule has 1 aromatic rings. The van der Waals surface area contributed by atoms with Crippen LogP contribution in [0.25, 0.3) is 0 Å². The summed E-state index contributed by atoms with van der Waals surface area (Å²) in [5.74, 6) is -0.327. The Hall–Kier alpha value is -1.26. The molecule has 1 aromatic heterocycles. The lowest BCUT2D eigenvalue weighted by molar-refractivity contribution is -0.148. The lowest BCUT2D eigenvalue weighted by Crippen LogP contribution is -2.55. The highest BCUT2D eigenvalue weighted by Gasteiger charge is 2.57. The van der Waals surface area contributed by atoms with Gasteiger partial charge in [-0.2, -0.15) is 0 Å². The summed E-state index contributed by atoms with van der Waals surface area (Å²) < 4.78 is 13.7. The van der Waals surface area contributed by atoms with Gasteiger partial charge in [-0.3, -0.25) is 14.3 Å². The number of H-pyrrole nitrogens is 1. The number of hydrogen-bond acceptors (Lipinski definition) is 6. The average molecular weight is 387 g/mol. The summed E-state index contributed by atoms with van der Waals surface area (Å²) in [5, 5.41) is 19.9. The summed E-state index contributed by atoms with van der Waals surface area (Å²) in [5.41, 5.74) is -2.43. The molecule has 1 saturated heterocycles. The number of nitrogens with one attached hydrogen (secondary N) is 1. The molecule has 148 valence electrons. The standard InChI is InChI=1S/C17H30N2O6Si/c1-11-13(25-26(5,6)16(2,3)4)17(9-20,10-21)24-14(11)19-8-7-12(22)18-15(19)23/h7-8,11,13-14,20-21H,9-10H2,1-6H3,(H,18,22,23)/t11-,13-,14+/m0/s1. The molecule has 0 amide bonds. The van der Waals surface area contributed by atoms with E-state index in [0.717, 1.165) is 0 Å². The smallest absolute Gasteiger partial charge is 0.330 e. The molecule has 0 unspecified atom stereocenters. The fourth-order valence-corrected chi connectivity index (χ4v) is 4.41. The Morgan fingerprint density at radius 3 is 2.35 bits per heavy atom. The van der Waals surface area contributed by atoms with Gasteiger partial charge in [-0.25, -0.2) is 4.79 Å². The van der Waals surface area contributed by atoms with Gasteiger partial charge in [-0.1, -0.05) is 27.7 Å². The summed E-state index contributed by atoms with van der Waals surface area (Å²) in [6, 6.07) is 1.24. The van der Waals surface area contributed by atoms with Crippen molar-refractivity contribution in [2.45, 2.75) is 63.8 Å². The van der Waals surface area contributed by atoms with E-state index in [1.807, 2.05) is 6.92 Å². The van der Waals surface area contributed by atoms with Crippen molar-refractivity contribution in [3.63, 3.8) is 0 Å². The van der Waals surface area contributed by atoms with Gasteiger partial charge in [0.25, 0.3) is 5.56 Å². The van der Waals surface area contributed by atoms with E-state index in [-0.39, 0.29) is 11.0 Å². The number of nitrogens with zero attached hydrogens (tertiary/aromatic N) is 1. The van der Waals surface area contributed by atoms with Crippen LogP contribution in [-0.4, -0.2) is 53.0 Å². The summed E-state index contributed by atoms with van der Waals surface area (Å²) in [7, 11) is -2.23. The van der Waals surface area contributed by atoms with Crippen LogP contribution in [0.5, 0.6) is 0 Å². The van der Waals surface area contributed by atoms with Crippen molar-refractivity contribution in [2.75, 3.05) is 13.2 Å². The molecule has 3 atom stereocenters. The maximum Gasteiger partial charge on any atom is 0.330 e. The van der Waals surface area contributed by atoms with Gasteiger partial charge in [0.1, 0.15) is 11.8 Å². The van der Waals surface area contributed by atoms with Crippen LogP contribution < -0.4 is 11.2 Å². The van der Waals surface area contributed by atoms with Gasteiger partial charge in [-0.15, -0.1) is 0 Å².